The summed E-state index contributed by atoms with van der Waals surface area (Å²) in [6.45, 7) is 0.639. The first-order chi connectivity index (χ1) is 13.4. The van der Waals surface area contributed by atoms with Crippen LogP contribution in [-0.2, 0) is 23.5 Å². The van der Waals surface area contributed by atoms with Crippen molar-refractivity contribution < 1.29 is 13.2 Å². The van der Waals surface area contributed by atoms with Gasteiger partial charge in [0.2, 0.25) is 0 Å². The van der Waals surface area contributed by atoms with E-state index in [1.165, 1.54) is 12.5 Å². The van der Waals surface area contributed by atoms with Crippen LogP contribution >= 0.6 is 0 Å². The highest BCUT2D eigenvalue weighted by Crippen LogP contribution is 2.31. The summed E-state index contributed by atoms with van der Waals surface area (Å²) in [6.07, 6.45) is 4.49. The van der Waals surface area contributed by atoms with Crippen molar-refractivity contribution in [2.75, 3.05) is 16.2 Å². The van der Waals surface area contributed by atoms with Crippen molar-refractivity contribution in [3.8, 4) is 0 Å². The molecule has 1 amide bonds. The van der Waals surface area contributed by atoms with Gasteiger partial charge in [0.25, 0.3) is 15.9 Å². The Morgan fingerprint density at radius 3 is 2.64 bits per heavy atom. The highest BCUT2D eigenvalue weighted by Gasteiger charge is 2.24. The van der Waals surface area contributed by atoms with E-state index < -0.39 is 10.0 Å². The molecule has 8 heteroatoms. The second-order valence-electron chi connectivity index (χ2n) is 6.75. The van der Waals surface area contributed by atoms with E-state index in [9.17, 15) is 13.2 Å². The Balaban J connectivity index is 1.61. The molecule has 7 nitrogen and oxygen atoms in total. The van der Waals surface area contributed by atoms with E-state index in [0.29, 0.717) is 17.8 Å². The standard InChI is InChI=1S/C20H20N4O3S/c1-23-13-19(21-14-23)28(26,27)22-17-9-10-18-16(12-17)8-5-11-24(18)20(25)15-6-3-2-4-7-15/h2-4,6-7,9-10,12-14,22H,5,8,11H2,1H3. The van der Waals surface area contributed by atoms with E-state index in [4.69, 9.17) is 0 Å². The molecule has 0 unspecified atom stereocenters. The zero-order valence-electron chi connectivity index (χ0n) is 15.4. The van der Waals surface area contributed by atoms with Crippen molar-refractivity contribution in [1.29, 1.82) is 0 Å². The maximum absolute atomic E-state index is 12.9. The van der Waals surface area contributed by atoms with Crippen LogP contribution in [0.4, 0.5) is 11.4 Å². The minimum Gasteiger partial charge on any atom is -0.339 e. The number of nitrogens with zero attached hydrogens (tertiary/aromatic N) is 3. The summed E-state index contributed by atoms with van der Waals surface area (Å²) in [5, 5.41) is -0.0337. The normalized spacial score (nSPS) is 13.8. The first kappa shape index (κ1) is 18.2. The van der Waals surface area contributed by atoms with Crippen LogP contribution in [0.1, 0.15) is 22.3 Å². The minimum atomic E-state index is -3.75. The Bertz CT molecular complexity index is 1120. The second kappa shape index (κ2) is 7.12. The topological polar surface area (TPSA) is 84.3 Å². The third kappa shape index (κ3) is 3.50. The number of hydrogen-bond donors (Lipinski definition) is 1. The number of carbonyl (C=O) groups excluding carboxylic acids is 1. The third-order valence-electron chi connectivity index (χ3n) is 4.67. The highest BCUT2D eigenvalue weighted by atomic mass is 32.2. The maximum atomic E-state index is 12.9. The van der Waals surface area contributed by atoms with Crippen LogP contribution in [0.3, 0.4) is 0 Å². The molecule has 4 rings (SSSR count). The number of sulfonamides is 1. The Morgan fingerprint density at radius 1 is 1.14 bits per heavy atom. The zero-order chi connectivity index (χ0) is 19.7. The van der Waals surface area contributed by atoms with Gasteiger partial charge in [0, 0.05) is 36.7 Å². The van der Waals surface area contributed by atoms with E-state index in [1.54, 1.807) is 46.8 Å². The molecule has 144 valence electrons. The van der Waals surface area contributed by atoms with Gasteiger partial charge in [-0.25, -0.2) is 4.98 Å². The van der Waals surface area contributed by atoms with Crippen molar-refractivity contribution >= 4 is 27.3 Å². The highest BCUT2D eigenvalue weighted by molar-refractivity contribution is 7.92. The predicted molar refractivity (Wildman–Crippen MR) is 107 cm³/mol. The van der Waals surface area contributed by atoms with Crippen molar-refractivity contribution in [1.82, 2.24) is 9.55 Å². The third-order valence-corrected chi connectivity index (χ3v) is 5.94. The molecule has 0 saturated carbocycles. The number of aromatic nitrogens is 2. The smallest absolute Gasteiger partial charge is 0.280 e. The SMILES string of the molecule is Cn1cnc(S(=O)(=O)Nc2ccc3c(c2)CCCN3C(=O)c2ccccc2)c1. The fourth-order valence-electron chi connectivity index (χ4n) is 3.34. The molecule has 1 aliphatic rings. The number of imidazole rings is 1. The molecule has 1 N–H and O–H groups in total. The average molecular weight is 396 g/mol. The van der Waals surface area contributed by atoms with Crippen LogP contribution in [0.25, 0.3) is 0 Å². The number of carbonyl (C=O) groups is 1. The van der Waals surface area contributed by atoms with Crippen LogP contribution in [0, 0.1) is 0 Å². The van der Waals surface area contributed by atoms with Gasteiger partial charge in [0.15, 0.2) is 5.03 Å². The molecule has 2 aromatic carbocycles. The van der Waals surface area contributed by atoms with Gasteiger partial charge in [-0.05, 0) is 48.7 Å². The number of aryl methyl sites for hydroxylation is 2. The summed E-state index contributed by atoms with van der Waals surface area (Å²) in [5.41, 5.74) is 2.85. The van der Waals surface area contributed by atoms with Crippen molar-refractivity contribution in [3.05, 3.63) is 72.2 Å². The number of anilines is 2. The lowest BCUT2D eigenvalue weighted by molar-refractivity contribution is 0.0985. The van der Waals surface area contributed by atoms with E-state index in [1.807, 2.05) is 18.2 Å². The molecule has 0 bridgehead atoms. The summed E-state index contributed by atoms with van der Waals surface area (Å²) in [6, 6.07) is 14.4. The average Bonchev–Trinajstić information content (AvgIpc) is 3.14. The fraction of sp³-hybridized carbons (Fsp3) is 0.200. The molecular formula is C20H20N4O3S. The second-order valence-corrected chi connectivity index (χ2v) is 8.38. The zero-order valence-corrected chi connectivity index (χ0v) is 16.2. The first-order valence-electron chi connectivity index (χ1n) is 8.95. The van der Waals surface area contributed by atoms with Gasteiger partial charge in [-0.15, -0.1) is 0 Å². The molecule has 0 radical (unpaired) electrons. The van der Waals surface area contributed by atoms with Crippen molar-refractivity contribution in [2.24, 2.45) is 7.05 Å². The number of hydrogen-bond acceptors (Lipinski definition) is 4. The van der Waals surface area contributed by atoms with Gasteiger partial charge in [-0.2, -0.15) is 8.42 Å². The van der Waals surface area contributed by atoms with Gasteiger partial charge in [0.1, 0.15) is 0 Å². The maximum Gasteiger partial charge on any atom is 0.280 e. The molecule has 28 heavy (non-hydrogen) atoms. The minimum absolute atomic E-state index is 0.0337. The molecule has 0 fully saturated rings. The van der Waals surface area contributed by atoms with E-state index in [-0.39, 0.29) is 10.9 Å². The summed E-state index contributed by atoms with van der Waals surface area (Å²) < 4.78 is 29.1. The lowest BCUT2D eigenvalue weighted by Gasteiger charge is -2.30. The van der Waals surface area contributed by atoms with Crippen LogP contribution in [0.2, 0.25) is 0 Å². The number of nitrogens with one attached hydrogen (secondary N) is 1. The van der Waals surface area contributed by atoms with Crippen LogP contribution in [0.5, 0.6) is 0 Å². The van der Waals surface area contributed by atoms with Crippen molar-refractivity contribution in [2.45, 2.75) is 17.9 Å². The Morgan fingerprint density at radius 2 is 1.93 bits per heavy atom. The molecule has 1 aromatic heterocycles. The van der Waals surface area contributed by atoms with Crippen LogP contribution < -0.4 is 9.62 Å². The lowest BCUT2D eigenvalue weighted by atomic mass is 10.00. The van der Waals surface area contributed by atoms with Crippen molar-refractivity contribution in [3.63, 3.8) is 0 Å². The van der Waals surface area contributed by atoms with Gasteiger partial charge >= 0.3 is 0 Å². The predicted octanol–water partition coefficient (Wildman–Crippen LogP) is 2.81. The summed E-state index contributed by atoms with van der Waals surface area (Å²) >= 11 is 0. The molecule has 3 aromatic rings. The number of amides is 1. The largest absolute Gasteiger partial charge is 0.339 e. The monoisotopic (exact) mass is 396 g/mol. The van der Waals surface area contributed by atoms with Gasteiger partial charge in [0.05, 0.1) is 6.33 Å². The number of rotatable bonds is 4. The molecule has 0 atom stereocenters. The fourth-order valence-corrected chi connectivity index (χ4v) is 4.38. The van der Waals surface area contributed by atoms with E-state index >= 15 is 0 Å². The number of fused-ring (bicyclic) bond motifs is 1. The molecule has 0 saturated heterocycles. The molecular weight excluding hydrogens is 376 g/mol. The molecule has 0 aliphatic carbocycles. The van der Waals surface area contributed by atoms with E-state index in [0.717, 1.165) is 24.1 Å². The molecule has 0 spiro atoms. The lowest BCUT2D eigenvalue weighted by Crippen LogP contribution is -2.35. The van der Waals surface area contributed by atoms with E-state index in [2.05, 4.69) is 9.71 Å². The quantitative estimate of drug-likeness (QED) is 0.735. The summed E-state index contributed by atoms with van der Waals surface area (Å²) in [7, 11) is -2.04. The molecule has 1 aliphatic heterocycles. The van der Waals surface area contributed by atoms with Gasteiger partial charge < -0.3 is 9.47 Å². The first-order valence-corrected chi connectivity index (χ1v) is 10.4. The van der Waals surface area contributed by atoms with Gasteiger partial charge in [-0.3, -0.25) is 9.52 Å². The van der Waals surface area contributed by atoms with Crippen LogP contribution in [-0.4, -0.2) is 30.4 Å². The van der Waals surface area contributed by atoms with Gasteiger partial charge in [-0.1, -0.05) is 18.2 Å². The number of benzene rings is 2. The Labute approximate surface area is 163 Å². The Kier molecular flexibility index (Phi) is 4.64. The Hall–Kier alpha value is -3.13. The van der Waals surface area contributed by atoms with Crippen LogP contribution in [0.15, 0.2) is 66.1 Å². The molecule has 2 heterocycles. The summed E-state index contributed by atoms with van der Waals surface area (Å²) in [5.74, 6) is -0.0524. The summed E-state index contributed by atoms with van der Waals surface area (Å²) in [4.78, 5) is 18.5.